The van der Waals surface area contributed by atoms with Crippen LogP contribution >= 0.6 is 0 Å². The number of hydrogen-bond acceptors (Lipinski definition) is 3. The Balaban J connectivity index is 1.63. The van der Waals surface area contributed by atoms with Crippen molar-refractivity contribution >= 4 is 23.5 Å². The summed E-state index contributed by atoms with van der Waals surface area (Å²) in [6.07, 6.45) is 0.202. The molecule has 0 fully saturated rings. The molecule has 0 aliphatic carbocycles. The quantitative estimate of drug-likeness (QED) is 0.668. The second-order valence-corrected chi connectivity index (χ2v) is 7.97. The lowest BCUT2D eigenvalue weighted by molar-refractivity contribution is 0.0224. The van der Waals surface area contributed by atoms with Gasteiger partial charge >= 0.3 is 12.1 Å². The van der Waals surface area contributed by atoms with E-state index in [2.05, 4.69) is 10.6 Å². The van der Waals surface area contributed by atoms with Crippen LogP contribution in [0.4, 0.5) is 34.1 Å². The molecule has 0 radical (unpaired) electrons. The van der Waals surface area contributed by atoms with Crippen molar-refractivity contribution in [3.8, 4) is 0 Å². The van der Waals surface area contributed by atoms with Crippen molar-refractivity contribution in [3.63, 3.8) is 0 Å². The molecule has 30 heavy (non-hydrogen) atoms. The summed E-state index contributed by atoms with van der Waals surface area (Å²) in [5, 5.41) is 4.82. The van der Waals surface area contributed by atoms with Gasteiger partial charge in [0.1, 0.15) is 5.60 Å². The molecule has 3 amide bonds. The third-order valence-electron chi connectivity index (χ3n) is 4.37. The summed E-state index contributed by atoms with van der Waals surface area (Å²) in [4.78, 5) is 26.0. The Kier molecular flexibility index (Phi) is 5.91. The van der Waals surface area contributed by atoms with E-state index in [1.54, 1.807) is 43.9 Å². The second-order valence-electron chi connectivity index (χ2n) is 7.97. The number of fused-ring (bicyclic) bond motifs is 1. The van der Waals surface area contributed by atoms with Gasteiger partial charge in [-0.1, -0.05) is 6.07 Å². The van der Waals surface area contributed by atoms with Gasteiger partial charge in [0.2, 0.25) is 0 Å². The summed E-state index contributed by atoms with van der Waals surface area (Å²) in [6, 6.07) is 5.87. The van der Waals surface area contributed by atoms with Crippen LogP contribution in [0.1, 0.15) is 31.9 Å². The van der Waals surface area contributed by atoms with Gasteiger partial charge in [0, 0.05) is 36.6 Å². The van der Waals surface area contributed by atoms with Crippen molar-refractivity contribution < 1.29 is 27.5 Å². The van der Waals surface area contributed by atoms with Crippen molar-refractivity contribution in [2.75, 3.05) is 17.2 Å². The third-order valence-corrected chi connectivity index (χ3v) is 4.37. The molecule has 2 aromatic rings. The van der Waals surface area contributed by atoms with Crippen molar-refractivity contribution in [1.29, 1.82) is 0 Å². The van der Waals surface area contributed by atoms with Crippen molar-refractivity contribution in [1.82, 2.24) is 4.90 Å². The number of rotatable bonds is 2. The first-order chi connectivity index (χ1) is 14.0. The van der Waals surface area contributed by atoms with E-state index in [0.29, 0.717) is 37.3 Å². The maximum absolute atomic E-state index is 13.3. The van der Waals surface area contributed by atoms with E-state index >= 15 is 0 Å². The number of ether oxygens (including phenoxy) is 1. The molecule has 0 saturated heterocycles. The molecule has 6 nitrogen and oxygen atoms in total. The summed E-state index contributed by atoms with van der Waals surface area (Å²) in [6.45, 7) is 6.29. The maximum Gasteiger partial charge on any atom is 0.410 e. The average Bonchev–Trinajstić information content (AvgIpc) is 2.64. The predicted octanol–water partition coefficient (Wildman–Crippen LogP) is 5.04. The number of carbonyl (C=O) groups is 2. The number of nitrogens with zero attached hydrogens (tertiary/aromatic N) is 1. The van der Waals surface area contributed by atoms with E-state index in [9.17, 15) is 22.8 Å². The highest BCUT2D eigenvalue weighted by molar-refractivity contribution is 5.99. The molecule has 1 aliphatic rings. The number of urea groups is 1. The van der Waals surface area contributed by atoms with Gasteiger partial charge in [0.15, 0.2) is 17.5 Å². The van der Waals surface area contributed by atoms with E-state index < -0.39 is 29.1 Å². The largest absolute Gasteiger partial charge is 0.444 e. The number of hydrogen-bond donors (Lipinski definition) is 2. The Morgan fingerprint density at radius 2 is 1.60 bits per heavy atom. The van der Waals surface area contributed by atoms with Gasteiger partial charge in [0.25, 0.3) is 0 Å². The molecular formula is C21H22F3N3O3. The Morgan fingerprint density at radius 3 is 2.23 bits per heavy atom. The van der Waals surface area contributed by atoms with Crippen LogP contribution in [0.5, 0.6) is 0 Å². The minimum atomic E-state index is -1.60. The summed E-state index contributed by atoms with van der Waals surface area (Å²) in [5.41, 5.74) is 1.58. The molecule has 1 aliphatic heterocycles. The summed E-state index contributed by atoms with van der Waals surface area (Å²) >= 11 is 0. The van der Waals surface area contributed by atoms with Crippen molar-refractivity contribution in [2.45, 2.75) is 39.3 Å². The number of amides is 3. The fraction of sp³-hybridized carbons (Fsp3) is 0.333. The molecule has 0 aromatic heterocycles. The molecular weight excluding hydrogens is 399 g/mol. The number of carbonyl (C=O) groups excluding carboxylic acids is 2. The van der Waals surface area contributed by atoms with Gasteiger partial charge in [-0.25, -0.2) is 22.8 Å². The van der Waals surface area contributed by atoms with E-state index in [-0.39, 0.29) is 11.8 Å². The zero-order valence-corrected chi connectivity index (χ0v) is 16.8. The summed E-state index contributed by atoms with van der Waals surface area (Å²) in [5.74, 6) is -4.39. The molecule has 160 valence electrons. The molecule has 0 spiro atoms. The van der Waals surface area contributed by atoms with Crippen molar-refractivity contribution in [2.24, 2.45) is 0 Å². The topological polar surface area (TPSA) is 70.7 Å². The van der Waals surface area contributed by atoms with Crippen LogP contribution in [-0.2, 0) is 17.7 Å². The lowest BCUT2D eigenvalue weighted by Gasteiger charge is -2.31. The zero-order chi connectivity index (χ0) is 22.1. The number of nitrogens with one attached hydrogen (secondary N) is 2. The fourth-order valence-electron chi connectivity index (χ4n) is 3.03. The van der Waals surface area contributed by atoms with Crippen molar-refractivity contribution in [3.05, 3.63) is 58.9 Å². The Bertz CT molecular complexity index is 966. The third kappa shape index (κ3) is 5.22. The molecule has 0 unspecified atom stereocenters. The van der Waals surface area contributed by atoms with Gasteiger partial charge in [-0.15, -0.1) is 0 Å². The van der Waals surface area contributed by atoms with Crippen LogP contribution < -0.4 is 10.6 Å². The maximum atomic E-state index is 13.3. The normalized spacial score (nSPS) is 13.5. The number of benzene rings is 2. The number of anilines is 2. The molecule has 0 saturated carbocycles. The van der Waals surface area contributed by atoms with E-state index in [1.165, 1.54) is 0 Å². The fourth-order valence-corrected chi connectivity index (χ4v) is 3.03. The summed E-state index contributed by atoms with van der Waals surface area (Å²) in [7, 11) is 0. The van der Waals surface area contributed by atoms with Gasteiger partial charge < -0.3 is 20.3 Å². The van der Waals surface area contributed by atoms with Crippen LogP contribution in [0.2, 0.25) is 0 Å². The number of halogens is 3. The van der Waals surface area contributed by atoms with Crippen LogP contribution in [0.15, 0.2) is 30.3 Å². The average molecular weight is 421 g/mol. The molecule has 9 heteroatoms. The molecule has 0 atom stereocenters. The minimum absolute atomic E-state index is 0.213. The molecule has 3 rings (SSSR count). The molecule has 0 bridgehead atoms. The second kappa shape index (κ2) is 8.25. The van der Waals surface area contributed by atoms with E-state index in [1.807, 2.05) is 0 Å². The molecule has 1 heterocycles. The first-order valence-electron chi connectivity index (χ1n) is 9.34. The lowest BCUT2D eigenvalue weighted by atomic mass is 9.99. The van der Waals surface area contributed by atoms with Crippen LogP contribution in [0, 0.1) is 17.5 Å². The zero-order valence-electron chi connectivity index (χ0n) is 16.8. The predicted molar refractivity (Wildman–Crippen MR) is 106 cm³/mol. The Hall–Kier alpha value is -3.23. The molecule has 2 aromatic carbocycles. The van der Waals surface area contributed by atoms with Gasteiger partial charge in [0.05, 0.1) is 0 Å². The lowest BCUT2D eigenvalue weighted by Crippen LogP contribution is -2.39. The highest BCUT2D eigenvalue weighted by Gasteiger charge is 2.25. The SMILES string of the molecule is CC(C)(C)OC(=O)N1CCc2cc(NC(=O)Nc3cc(F)c(F)c(F)c3)ccc2C1. The highest BCUT2D eigenvalue weighted by atomic mass is 19.2. The minimum Gasteiger partial charge on any atom is -0.444 e. The van der Waals surface area contributed by atoms with Gasteiger partial charge in [-0.05, 0) is 50.5 Å². The first-order valence-corrected chi connectivity index (χ1v) is 9.34. The highest BCUT2D eigenvalue weighted by Crippen LogP contribution is 2.24. The van der Waals surface area contributed by atoms with E-state index in [4.69, 9.17) is 4.74 Å². The standard InChI is InChI=1S/C21H22F3N3O3/c1-21(2,3)30-20(29)27-7-6-12-8-14(5-4-13(12)11-27)25-19(28)26-15-9-16(22)18(24)17(23)10-15/h4-5,8-10H,6-7,11H2,1-3H3,(H2,25,26,28). The Morgan fingerprint density at radius 1 is 0.967 bits per heavy atom. The first kappa shape index (κ1) is 21.5. The molecule has 2 N–H and O–H groups in total. The van der Waals surface area contributed by atoms with Crippen LogP contribution in [0.25, 0.3) is 0 Å². The monoisotopic (exact) mass is 421 g/mol. The van der Waals surface area contributed by atoms with Gasteiger partial charge in [-0.3, -0.25) is 0 Å². The smallest absolute Gasteiger partial charge is 0.410 e. The van der Waals surface area contributed by atoms with Gasteiger partial charge in [-0.2, -0.15) is 0 Å². The van der Waals surface area contributed by atoms with Crippen LogP contribution in [0.3, 0.4) is 0 Å². The summed E-state index contributed by atoms with van der Waals surface area (Å²) < 4.78 is 44.9. The Labute approximate surface area is 172 Å². The van der Waals surface area contributed by atoms with E-state index in [0.717, 1.165) is 11.1 Å². The van der Waals surface area contributed by atoms with Crippen LogP contribution in [-0.4, -0.2) is 29.2 Å².